The van der Waals surface area contributed by atoms with E-state index in [9.17, 15) is 10.1 Å². The third kappa shape index (κ3) is 2.44. The van der Waals surface area contributed by atoms with E-state index in [4.69, 9.17) is 0 Å². The van der Waals surface area contributed by atoms with Crippen LogP contribution in [0.4, 0.5) is 11.4 Å². The van der Waals surface area contributed by atoms with E-state index in [-0.39, 0.29) is 16.7 Å². The molecule has 5 atom stereocenters. The number of non-ortho nitro benzene ring substituents is 1. The first-order valence-corrected chi connectivity index (χ1v) is 11.6. The van der Waals surface area contributed by atoms with Gasteiger partial charge in [0.2, 0.25) is 0 Å². The molecule has 32 heavy (non-hydrogen) atoms. The van der Waals surface area contributed by atoms with Crippen LogP contribution < -0.4 is 5.32 Å². The Labute approximate surface area is 186 Å². The van der Waals surface area contributed by atoms with Gasteiger partial charge in [-0.05, 0) is 87.7 Å². The quantitative estimate of drug-likeness (QED) is 0.212. The van der Waals surface area contributed by atoms with Gasteiger partial charge >= 0.3 is 0 Å². The van der Waals surface area contributed by atoms with Crippen molar-refractivity contribution in [3.8, 4) is 0 Å². The molecular weight excluding hydrogens is 396 g/mol. The summed E-state index contributed by atoms with van der Waals surface area (Å²) in [6.45, 7) is 0. The maximum atomic E-state index is 11.5. The zero-order valence-corrected chi connectivity index (χ0v) is 17.7. The van der Waals surface area contributed by atoms with Crippen molar-refractivity contribution >= 4 is 32.9 Å². The van der Waals surface area contributed by atoms with E-state index in [0.29, 0.717) is 23.7 Å². The zero-order chi connectivity index (χ0) is 21.4. The van der Waals surface area contributed by atoms with Gasteiger partial charge in [-0.2, -0.15) is 0 Å². The molecule has 158 valence electrons. The number of benzene rings is 4. The van der Waals surface area contributed by atoms with E-state index in [1.165, 1.54) is 46.4 Å². The monoisotopic (exact) mass is 420 g/mol. The molecule has 4 aromatic rings. The van der Waals surface area contributed by atoms with Crippen molar-refractivity contribution < 1.29 is 4.92 Å². The first-order valence-electron chi connectivity index (χ1n) is 11.6. The van der Waals surface area contributed by atoms with Crippen LogP contribution >= 0.6 is 0 Å². The number of nitrogens with zero attached hydrogens (tertiary/aromatic N) is 1. The Morgan fingerprint density at radius 3 is 2.25 bits per heavy atom. The maximum Gasteiger partial charge on any atom is 0.269 e. The minimum absolute atomic E-state index is 0.209. The number of nitro benzene ring substituents is 1. The second-order valence-corrected chi connectivity index (χ2v) is 9.82. The second kappa shape index (κ2) is 6.55. The van der Waals surface area contributed by atoms with E-state index in [1.807, 2.05) is 12.1 Å². The zero-order valence-electron chi connectivity index (χ0n) is 17.7. The minimum atomic E-state index is -0.257. The van der Waals surface area contributed by atoms with Gasteiger partial charge in [-0.15, -0.1) is 0 Å². The van der Waals surface area contributed by atoms with E-state index >= 15 is 0 Å². The highest BCUT2D eigenvalue weighted by molar-refractivity contribution is 6.03. The second-order valence-electron chi connectivity index (χ2n) is 9.82. The summed E-state index contributed by atoms with van der Waals surface area (Å²) in [5, 5.41) is 20.6. The predicted octanol–water partition coefficient (Wildman–Crippen LogP) is 7.20. The number of rotatable bonds is 2. The highest BCUT2D eigenvalue weighted by Crippen LogP contribution is 2.64. The van der Waals surface area contributed by atoms with Crippen LogP contribution in [0.1, 0.15) is 42.3 Å². The molecule has 1 heterocycles. The first-order chi connectivity index (χ1) is 15.7. The van der Waals surface area contributed by atoms with Gasteiger partial charge in [-0.3, -0.25) is 10.1 Å². The third-order valence-electron chi connectivity index (χ3n) is 8.41. The van der Waals surface area contributed by atoms with E-state index in [2.05, 4.69) is 59.9 Å². The standard InChI is InChI=1S/C28H24N2O2/c31-30(32)20-11-12-24-23(15-20)25-18-9-10-19(14-18)26(25)28(29-24)27-21-7-3-1-5-16(21)13-17-6-2-4-8-22(17)27/h1-8,11-13,15,18-19,25-26,28-29H,9-10,14H2/t18-,19-,25-,26-,28+/m0/s1. The van der Waals surface area contributed by atoms with Gasteiger partial charge in [0, 0.05) is 17.8 Å². The first kappa shape index (κ1) is 18.2. The van der Waals surface area contributed by atoms with Crippen LogP contribution in [-0.2, 0) is 0 Å². The minimum Gasteiger partial charge on any atom is -0.378 e. The Morgan fingerprint density at radius 1 is 0.844 bits per heavy atom. The van der Waals surface area contributed by atoms with Gasteiger partial charge < -0.3 is 5.32 Å². The Kier molecular flexibility index (Phi) is 3.73. The molecule has 0 spiro atoms. The molecule has 4 nitrogen and oxygen atoms in total. The van der Waals surface area contributed by atoms with Gasteiger partial charge in [0.05, 0.1) is 11.0 Å². The summed E-state index contributed by atoms with van der Waals surface area (Å²) in [4.78, 5) is 11.2. The molecule has 2 saturated carbocycles. The van der Waals surface area contributed by atoms with Crippen molar-refractivity contribution in [2.24, 2.45) is 17.8 Å². The fourth-order valence-electron chi connectivity index (χ4n) is 7.26. The normalized spacial score (nSPS) is 27.8. The Morgan fingerprint density at radius 2 is 1.53 bits per heavy atom. The van der Waals surface area contributed by atoms with Crippen molar-refractivity contribution in [3.63, 3.8) is 0 Å². The van der Waals surface area contributed by atoms with E-state index < -0.39 is 0 Å². The van der Waals surface area contributed by atoms with Crippen LogP contribution in [-0.4, -0.2) is 4.92 Å². The number of nitro groups is 1. The highest BCUT2D eigenvalue weighted by Gasteiger charge is 2.54. The average molecular weight is 421 g/mol. The Balaban J connectivity index is 1.50. The van der Waals surface area contributed by atoms with Crippen LogP contribution in [0.15, 0.2) is 72.8 Å². The SMILES string of the molecule is O=[N+]([O-])c1ccc2c(c1)[C@@H]1[C@H]3CC[C@@H](C3)[C@@H]1[C@H](c1c3ccccc3cc3ccccc13)N2. The van der Waals surface area contributed by atoms with Gasteiger partial charge in [0.25, 0.3) is 5.69 Å². The fourth-order valence-corrected chi connectivity index (χ4v) is 7.26. The molecule has 1 aliphatic heterocycles. The summed E-state index contributed by atoms with van der Waals surface area (Å²) in [6, 6.07) is 25.4. The molecule has 0 aromatic heterocycles. The number of anilines is 1. The summed E-state index contributed by atoms with van der Waals surface area (Å²) in [7, 11) is 0. The lowest BCUT2D eigenvalue weighted by Gasteiger charge is -2.44. The van der Waals surface area contributed by atoms with Crippen molar-refractivity contribution in [2.45, 2.75) is 31.2 Å². The summed E-state index contributed by atoms with van der Waals surface area (Å²) < 4.78 is 0. The molecule has 2 fully saturated rings. The summed E-state index contributed by atoms with van der Waals surface area (Å²) in [5.74, 6) is 2.18. The molecule has 2 bridgehead atoms. The summed E-state index contributed by atoms with van der Waals surface area (Å²) >= 11 is 0. The number of fused-ring (bicyclic) bond motifs is 9. The van der Waals surface area contributed by atoms with Crippen LogP contribution in [0.2, 0.25) is 0 Å². The average Bonchev–Trinajstić information content (AvgIpc) is 3.44. The number of nitrogens with one attached hydrogen (secondary N) is 1. The van der Waals surface area contributed by atoms with Gasteiger partial charge in [0.15, 0.2) is 0 Å². The predicted molar refractivity (Wildman–Crippen MR) is 128 cm³/mol. The van der Waals surface area contributed by atoms with Crippen molar-refractivity contribution in [1.29, 1.82) is 0 Å². The lowest BCUT2D eigenvalue weighted by atomic mass is 9.67. The van der Waals surface area contributed by atoms with Crippen molar-refractivity contribution in [1.82, 2.24) is 0 Å². The molecule has 4 aromatic carbocycles. The third-order valence-corrected chi connectivity index (χ3v) is 8.41. The molecule has 7 rings (SSSR count). The lowest BCUT2D eigenvalue weighted by Crippen LogP contribution is -2.35. The van der Waals surface area contributed by atoms with Gasteiger partial charge in [0.1, 0.15) is 0 Å². The lowest BCUT2D eigenvalue weighted by molar-refractivity contribution is -0.384. The summed E-state index contributed by atoms with van der Waals surface area (Å²) in [6.07, 6.45) is 3.77. The van der Waals surface area contributed by atoms with E-state index in [1.54, 1.807) is 6.07 Å². The molecule has 1 N–H and O–H groups in total. The van der Waals surface area contributed by atoms with Crippen LogP contribution in [0, 0.1) is 27.9 Å². The molecule has 0 amide bonds. The molecule has 0 saturated heterocycles. The largest absolute Gasteiger partial charge is 0.378 e. The molecule has 4 heteroatoms. The van der Waals surface area contributed by atoms with Crippen molar-refractivity contribution in [2.75, 3.05) is 5.32 Å². The number of hydrogen-bond acceptors (Lipinski definition) is 3. The molecular formula is C28H24N2O2. The smallest absolute Gasteiger partial charge is 0.269 e. The van der Waals surface area contributed by atoms with E-state index in [0.717, 1.165) is 11.3 Å². The molecule has 3 aliphatic rings. The van der Waals surface area contributed by atoms with Crippen LogP contribution in [0.5, 0.6) is 0 Å². The fraction of sp³-hybridized carbons (Fsp3) is 0.286. The molecule has 0 radical (unpaired) electrons. The van der Waals surface area contributed by atoms with Gasteiger partial charge in [-0.25, -0.2) is 0 Å². The molecule has 0 unspecified atom stereocenters. The topological polar surface area (TPSA) is 55.2 Å². The van der Waals surface area contributed by atoms with Gasteiger partial charge in [-0.1, -0.05) is 48.5 Å². The highest BCUT2D eigenvalue weighted by atomic mass is 16.6. The van der Waals surface area contributed by atoms with Crippen LogP contribution in [0.25, 0.3) is 21.5 Å². The van der Waals surface area contributed by atoms with Crippen LogP contribution in [0.3, 0.4) is 0 Å². The Hall–Kier alpha value is -3.40. The summed E-state index contributed by atoms with van der Waals surface area (Å²) in [5.41, 5.74) is 3.84. The Bertz CT molecular complexity index is 1360. The number of hydrogen-bond donors (Lipinski definition) is 1. The van der Waals surface area contributed by atoms with Crippen molar-refractivity contribution in [3.05, 3.63) is 94.0 Å². The maximum absolute atomic E-state index is 11.5. The molecule has 2 aliphatic carbocycles.